The standard InChI is InChI=1S/C14H24BrN3/c1-3-12-14(15)13(18(4-2)17-12)10-16-9-5-6-11-7-8-11/h11,16H,3-10H2,1-2H3. The Morgan fingerprint density at radius 3 is 2.78 bits per heavy atom. The maximum Gasteiger partial charge on any atom is 0.0767 e. The summed E-state index contributed by atoms with van der Waals surface area (Å²) in [7, 11) is 0. The fraction of sp³-hybridized carbons (Fsp3) is 0.786. The zero-order valence-electron chi connectivity index (χ0n) is 11.5. The maximum absolute atomic E-state index is 4.61. The van der Waals surface area contributed by atoms with E-state index < -0.39 is 0 Å². The van der Waals surface area contributed by atoms with Gasteiger partial charge >= 0.3 is 0 Å². The normalized spacial score (nSPS) is 15.3. The molecule has 18 heavy (non-hydrogen) atoms. The Kier molecular flexibility index (Phi) is 5.25. The zero-order chi connectivity index (χ0) is 13.0. The van der Waals surface area contributed by atoms with E-state index in [1.54, 1.807) is 0 Å². The van der Waals surface area contributed by atoms with Crippen LogP contribution in [0.25, 0.3) is 0 Å². The molecule has 4 heteroatoms. The van der Waals surface area contributed by atoms with E-state index in [9.17, 15) is 0 Å². The number of aromatic nitrogens is 2. The van der Waals surface area contributed by atoms with Gasteiger partial charge in [0.2, 0.25) is 0 Å². The van der Waals surface area contributed by atoms with Crippen molar-refractivity contribution in [2.24, 2.45) is 5.92 Å². The summed E-state index contributed by atoms with van der Waals surface area (Å²) < 4.78 is 3.30. The van der Waals surface area contributed by atoms with Crippen molar-refractivity contribution in [1.29, 1.82) is 0 Å². The number of hydrogen-bond donors (Lipinski definition) is 1. The molecule has 0 aliphatic heterocycles. The summed E-state index contributed by atoms with van der Waals surface area (Å²) in [6, 6.07) is 0. The van der Waals surface area contributed by atoms with Crippen molar-refractivity contribution in [2.75, 3.05) is 6.54 Å². The second-order valence-electron chi connectivity index (χ2n) is 5.14. The second-order valence-corrected chi connectivity index (χ2v) is 5.93. The fourth-order valence-corrected chi connectivity index (χ4v) is 3.02. The molecule has 1 aromatic rings. The average molecular weight is 314 g/mol. The summed E-state index contributed by atoms with van der Waals surface area (Å²) in [5.74, 6) is 1.05. The molecule has 1 N–H and O–H groups in total. The Hall–Kier alpha value is -0.350. The number of nitrogens with one attached hydrogen (secondary N) is 1. The number of hydrogen-bond acceptors (Lipinski definition) is 2. The first-order chi connectivity index (χ1) is 8.76. The summed E-state index contributed by atoms with van der Waals surface area (Å²) in [5, 5.41) is 8.16. The van der Waals surface area contributed by atoms with Crippen LogP contribution in [0.3, 0.4) is 0 Å². The van der Waals surface area contributed by atoms with Gasteiger partial charge in [-0.15, -0.1) is 0 Å². The Labute approximate surface area is 118 Å². The molecule has 2 rings (SSSR count). The van der Waals surface area contributed by atoms with Crippen LogP contribution in [-0.2, 0) is 19.5 Å². The van der Waals surface area contributed by atoms with Crippen molar-refractivity contribution in [1.82, 2.24) is 15.1 Å². The lowest BCUT2D eigenvalue weighted by Gasteiger charge is -2.07. The third-order valence-corrected chi connectivity index (χ3v) is 4.56. The summed E-state index contributed by atoms with van der Waals surface area (Å²) in [5.41, 5.74) is 2.47. The van der Waals surface area contributed by atoms with Crippen molar-refractivity contribution < 1.29 is 0 Å². The van der Waals surface area contributed by atoms with E-state index >= 15 is 0 Å². The van der Waals surface area contributed by atoms with Gasteiger partial charge in [-0.05, 0) is 54.6 Å². The molecular formula is C14H24BrN3. The van der Waals surface area contributed by atoms with Crippen molar-refractivity contribution in [2.45, 2.75) is 59.0 Å². The van der Waals surface area contributed by atoms with Gasteiger partial charge < -0.3 is 5.32 Å². The van der Waals surface area contributed by atoms with E-state index in [1.165, 1.54) is 41.5 Å². The minimum Gasteiger partial charge on any atom is -0.311 e. The van der Waals surface area contributed by atoms with Crippen LogP contribution in [0.5, 0.6) is 0 Å². The molecule has 1 aromatic heterocycles. The lowest BCUT2D eigenvalue weighted by Crippen LogP contribution is -2.18. The second kappa shape index (κ2) is 6.71. The smallest absolute Gasteiger partial charge is 0.0767 e. The molecular weight excluding hydrogens is 290 g/mol. The maximum atomic E-state index is 4.61. The van der Waals surface area contributed by atoms with E-state index in [-0.39, 0.29) is 0 Å². The Morgan fingerprint density at radius 2 is 2.17 bits per heavy atom. The van der Waals surface area contributed by atoms with E-state index in [1.807, 2.05) is 0 Å². The quantitative estimate of drug-likeness (QED) is 0.744. The lowest BCUT2D eigenvalue weighted by molar-refractivity contribution is 0.553. The van der Waals surface area contributed by atoms with Gasteiger partial charge in [-0.2, -0.15) is 5.10 Å². The molecule has 0 spiro atoms. The van der Waals surface area contributed by atoms with Crippen molar-refractivity contribution in [3.63, 3.8) is 0 Å². The largest absolute Gasteiger partial charge is 0.311 e. The molecule has 0 bridgehead atoms. The molecule has 0 radical (unpaired) electrons. The van der Waals surface area contributed by atoms with Crippen LogP contribution in [0.2, 0.25) is 0 Å². The number of halogens is 1. The van der Waals surface area contributed by atoms with Crippen molar-refractivity contribution in [3.8, 4) is 0 Å². The molecule has 1 saturated carbocycles. The zero-order valence-corrected chi connectivity index (χ0v) is 13.1. The summed E-state index contributed by atoms with van der Waals surface area (Å²) in [6.45, 7) is 7.29. The van der Waals surface area contributed by atoms with Gasteiger partial charge in [0.25, 0.3) is 0 Å². The summed E-state index contributed by atoms with van der Waals surface area (Å²) in [4.78, 5) is 0. The lowest BCUT2D eigenvalue weighted by atomic mass is 10.2. The monoisotopic (exact) mass is 313 g/mol. The molecule has 102 valence electrons. The predicted octanol–water partition coefficient (Wildman–Crippen LogP) is 3.51. The first kappa shape index (κ1) is 14.1. The Bertz CT molecular complexity index is 383. The third-order valence-electron chi connectivity index (χ3n) is 3.65. The topological polar surface area (TPSA) is 29.9 Å². The van der Waals surface area contributed by atoms with E-state index in [2.05, 4.69) is 44.9 Å². The molecule has 0 saturated heterocycles. The van der Waals surface area contributed by atoms with Crippen LogP contribution in [0.4, 0.5) is 0 Å². The molecule has 1 heterocycles. The van der Waals surface area contributed by atoms with Crippen molar-refractivity contribution >= 4 is 15.9 Å². The molecule has 1 aliphatic rings. The Balaban J connectivity index is 1.80. The van der Waals surface area contributed by atoms with Crippen LogP contribution in [0.15, 0.2) is 4.47 Å². The minimum atomic E-state index is 0.923. The Morgan fingerprint density at radius 1 is 1.39 bits per heavy atom. The van der Waals surface area contributed by atoms with E-state index in [0.29, 0.717) is 0 Å². The average Bonchev–Trinajstić information content (AvgIpc) is 3.15. The number of nitrogens with zero attached hydrogens (tertiary/aromatic N) is 2. The molecule has 3 nitrogen and oxygen atoms in total. The van der Waals surface area contributed by atoms with E-state index in [4.69, 9.17) is 0 Å². The van der Waals surface area contributed by atoms with Gasteiger partial charge in [-0.3, -0.25) is 4.68 Å². The van der Waals surface area contributed by atoms with Crippen LogP contribution < -0.4 is 5.32 Å². The number of aryl methyl sites for hydroxylation is 2. The summed E-state index contributed by atoms with van der Waals surface area (Å²) in [6.07, 6.45) is 6.63. The first-order valence-electron chi connectivity index (χ1n) is 7.21. The molecule has 0 amide bonds. The van der Waals surface area contributed by atoms with Crippen molar-refractivity contribution in [3.05, 3.63) is 15.9 Å². The predicted molar refractivity (Wildman–Crippen MR) is 78.6 cm³/mol. The molecule has 0 aromatic carbocycles. The number of rotatable bonds is 8. The van der Waals surface area contributed by atoms with Gasteiger partial charge in [-0.1, -0.05) is 19.8 Å². The molecule has 0 unspecified atom stereocenters. The SMILES string of the molecule is CCc1nn(CC)c(CNCCCC2CC2)c1Br. The highest BCUT2D eigenvalue weighted by atomic mass is 79.9. The van der Waals surface area contributed by atoms with Gasteiger partial charge in [-0.25, -0.2) is 0 Å². The highest BCUT2D eigenvalue weighted by Crippen LogP contribution is 2.33. The first-order valence-corrected chi connectivity index (χ1v) is 8.00. The van der Waals surface area contributed by atoms with Crippen LogP contribution >= 0.6 is 15.9 Å². The highest BCUT2D eigenvalue weighted by Gasteiger charge is 2.20. The highest BCUT2D eigenvalue weighted by molar-refractivity contribution is 9.10. The molecule has 0 atom stereocenters. The van der Waals surface area contributed by atoms with Crippen LogP contribution in [0.1, 0.15) is 50.9 Å². The van der Waals surface area contributed by atoms with E-state index in [0.717, 1.165) is 32.0 Å². The fourth-order valence-electron chi connectivity index (χ4n) is 2.32. The molecule has 1 fully saturated rings. The van der Waals surface area contributed by atoms with Gasteiger partial charge in [0, 0.05) is 13.1 Å². The molecule has 1 aliphatic carbocycles. The summed E-state index contributed by atoms with van der Waals surface area (Å²) >= 11 is 3.68. The van der Waals surface area contributed by atoms with Gasteiger partial charge in [0.1, 0.15) is 0 Å². The van der Waals surface area contributed by atoms with Gasteiger partial charge in [0.05, 0.1) is 15.9 Å². The van der Waals surface area contributed by atoms with Gasteiger partial charge in [0.15, 0.2) is 0 Å². The van der Waals surface area contributed by atoms with Crippen LogP contribution in [0, 0.1) is 5.92 Å². The third kappa shape index (κ3) is 3.58. The van der Waals surface area contributed by atoms with Crippen LogP contribution in [-0.4, -0.2) is 16.3 Å². The minimum absolute atomic E-state index is 0.923.